The number of rotatable bonds is 4. The Labute approximate surface area is 265 Å². The molecule has 0 saturated carbocycles. The van der Waals surface area contributed by atoms with Crippen LogP contribution in [0.1, 0.15) is 0 Å². The fourth-order valence-corrected chi connectivity index (χ4v) is 6.45. The molecule has 46 heavy (non-hydrogen) atoms. The van der Waals surface area contributed by atoms with E-state index in [2.05, 4.69) is 107 Å². The van der Waals surface area contributed by atoms with E-state index in [1.54, 1.807) is 0 Å². The Morgan fingerprint density at radius 2 is 0.717 bits per heavy atom. The Morgan fingerprint density at radius 3 is 1.17 bits per heavy atom. The highest BCUT2D eigenvalue weighted by Gasteiger charge is 2.12. The van der Waals surface area contributed by atoms with Crippen molar-refractivity contribution < 1.29 is 0 Å². The Hall–Kier alpha value is -6.26. The third kappa shape index (κ3) is 4.47. The van der Waals surface area contributed by atoms with Gasteiger partial charge in [0.05, 0.1) is 11.0 Å². The highest BCUT2D eigenvalue weighted by molar-refractivity contribution is 6.15. The van der Waals surface area contributed by atoms with Crippen LogP contribution < -0.4 is 0 Å². The van der Waals surface area contributed by atoms with Crippen molar-refractivity contribution in [2.24, 2.45) is 0 Å². The monoisotopic (exact) mass is 586 g/mol. The molecule has 0 bridgehead atoms. The molecule has 0 aliphatic heterocycles. The molecule has 0 amide bonds. The zero-order chi connectivity index (χ0) is 30.5. The summed E-state index contributed by atoms with van der Waals surface area (Å²) >= 11 is 0. The van der Waals surface area contributed by atoms with Crippen molar-refractivity contribution >= 4 is 43.4 Å². The van der Waals surface area contributed by atoms with Crippen LogP contribution >= 0.6 is 0 Å². The van der Waals surface area contributed by atoms with Gasteiger partial charge in [-0.25, -0.2) is 19.9 Å². The van der Waals surface area contributed by atoms with Gasteiger partial charge in [0.15, 0.2) is 11.6 Å². The van der Waals surface area contributed by atoms with E-state index in [1.807, 2.05) is 60.9 Å². The van der Waals surface area contributed by atoms with Crippen LogP contribution in [-0.4, -0.2) is 19.9 Å². The zero-order valence-electron chi connectivity index (χ0n) is 24.8. The van der Waals surface area contributed by atoms with E-state index in [9.17, 15) is 0 Å². The van der Waals surface area contributed by atoms with Gasteiger partial charge in [0, 0.05) is 34.3 Å². The van der Waals surface area contributed by atoms with Crippen molar-refractivity contribution in [2.75, 3.05) is 0 Å². The SMILES string of the molecule is c1ccc2nc(-c3ccc(-c4cccc5c4ccc4c(-c6ccc(-c7ncc8ccccc8n7)cc6)cccc45)cc3)ncc2c1. The average molecular weight is 587 g/mol. The van der Waals surface area contributed by atoms with Crippen LogP contribution in [0, 0.1) is 0 Å². The van der Waals surface area contributed by atoms with Gasteiger partial charge in [-0.15, -0.1) is 0 Å². The van der Waals surface area contributed by atoms with Crippen LogP contribution in [0.25, 0.3) is 88.4 Å². The summed E-state index contributed by atoms with van der Waals surface area (Å²) in [5.74, 6) is 1.47. The first-order chi connectivity index (χ1) is 22.8. The standard InChI is InChI=1S/C42H26N4/c1-3-13-39-31(7-1)25-43-41(45-39)29-19-15-27(16-20-29)33-9-5-11-35-36-12-6-10-34(38(36)24-23-37(33)35)28-17-21-30(22-18-28)42-44-26-32-8-2-4-14-40(32)46-42/h1-26H. The van der Waals surface area contributed by atoms with Crippen molar-refractivity contribution in [3.05, 3.63) is 158 Å². The number of hydrogen-bond acceptors (Lipinski definition) is 4. The van der Waals surface area contributed by atoms with Crippen LogP contribution in [-0.2, 0) is 0 Å². The summed E-state index contributed by atoms with van der Waals surface area (Å²) in [6.07, 6.45) is 3.78. The molecule has 7 aromatic carbocycles. The molecule has 4 nitrogen and oxygen atoms in total. The molecule has 0 aliphatic rings. The summed E-state index contributed by atoms with van der Waals surface area (Å²) in [7, 11) is 0. The maximum atomic E-state index is 4.78. The number of benzene rings is 7. The molecule has 2 aromatic heterocycles. The van der Waals surface area contributed by atoms with E-state index in [4.69, 9.17) is 9.97 Å². The Balaban J connectivity index is 1.07. The lowest BCUT2D eigenvalue weighted by Gasteiger charge is -2.13. The summed E-state index contributed by atoms with van der Waals surface area (Å²) in [4.78, 5) is 18.8. The van der Waals surface area contributed by atoms with Crippen molar-refractivity contribution in [3.63, 3.8) is 0 Å². The highest BCUT2D eigenvalue weighted by Crippen LogP contribution is 2.38. The molecule has 9 rings (SSSR count). The normalized spacial score (nSPS) is 11.5. The minimum atomic E-state index is 0.736. The highest BCUT2D eigenvalue weighted by atomic mass is 14.9. The lowest BCUT2D eigenvalue weighted by atomic mass is 9.91. The molecule has 9 aromatic rings. The number of hydrogen-bond donors (Lipinski definition) is 0. The summed E-state index contributed by atoms with van der Waals surface area (Å²) in [6, 6.07) is 51.0. The largest absolute Gasteiger partial charge is 0.236 e. The fraction of sp³-hybridized carbons (Fsp3) is 0. The molecule has 214 valence electrons. The van der Waals surface area contributed by atoms with E-state index in [1.165, 1.54) is 32.7 Å². The number of nitrogens with zero attached hydrogens (tertiary/aromatic N) is 4. The second-order valence-electron chi connectivity index (χ2n) is 11.5. The van der Waals surface area contributed by atoms with Crippen LogP contribution in [0.5, 0.6) is 0 Å². The van der Waals surface area contributed by atoms with Crippen LogP contribution in [0.2, 0.25) is 0 Å². The summed E-state index contributed by atoms with van der Waals surface area (Å²) in [5, 5.41) is 7.01. The van der Waals surface area contributed by atoms with E-state index >= 15 is 0 Å². The second kappa shape index (κ2) is 10.7. The first kappa shape index (κ1) is 26.2. The molecule has 0 saturated heterocycles. The first-order valence-corrected chi connectivity index (χ1v) is 15.4. The van der Waals surface area contributed by atoms with E-state index in [0.29, 0.717) is 0 Å². The quantitative estimate of drug-likeness (QED) is 0.193. The van der Waals surface area contributed by atoms with Gasteiger partial charge in [-0.3, -0.25) is 0 Å². The fourth-order valence-electron chi connectivity index (χ4n) is 6.45. The van der Waals surface area contributed by atoms with Crippen molar-refractivity contribution in [1.29, 1.82) is 0 Å². The van der Waals surface area contributed by atoms with Gasteiger partial charge in [0.2, 0.25) is 0 Å². The number of aromatic nitrogens is 4. The lowest BCUT2D eigenvalue weighted by molar-refractivity contribution is 1.23. The smallest absolute Gasteiger partial charge is 0.159 e. The van der Waals surface area contributed by atoms with E-state index < -0.39 is 0 Å². The molecule has 0 radical (unpaired) electrons. The maximum absolute atomic E-state index is 4.78. The van der Waals surface area contributed by atoms with Gasteiger partial charge < -0.3 is 0 Å². The molecule has 2 heterocycles. The Morgan fingerprint density at radius 1 is 0.304 bits per heavy atom. The van der Waals surface area contributed by atoms with Gasteiger partial charge in [-0.05, 0) is 55.9 Å². The molecule has 0 atom stereocenters. The van der Waals surface area contributed by atoms with Crippen molar-refractivity contribution in [3.8, 4) is 45.0 Å². The van der Waals surface area contributed by atoms with Gasteiger partial charge in [0.25, 0.3) is 0 Å². The minimum absolute atomic E-state index is 0.736. The molecule has 0 aliphatic carbocycles. The maximum Gasteiger partial charge on any atom is 0.159 e. The molecule has 0 fully saturated rings. The first-order valence-electron chi connectivity index (χ1n) is 15.4. The summed E-state index contributed by atoms with van der Waals surface area (Å²) in [6.45, 7) is 0. The Kier molecular flexibility index (Phi) is 6.10. The van der Waals surface area contributed by atoms with Gasteiger partial charge in [-0.1, -0.05) is 133 Å². The van der Waals surface area contributed by atoms with Crippen molar-refractivity contribution in [2.45, 2.75) is 0 Å². The number of fused-ring (bicyclic) bond motifs is 5. The van der Waals surface area contributed by atoms with Crippen LogP contribution in [0.3, 0.4) is 0 Å². The molecule has 0 N–H and O–H groups in total. The minimum Gasteiger partial charge on any atom is -0.236 e. The van der Waals surface area contributed by atoms with Gasteiger partial charge >= 0.3 is 0 Å². The summed E-state index contributed by atoms with van der Waals surface area (Å²) in [5.41, 5.74) is 8.64. The van der Waals surface area contributed by atoms with Gasteiger partial charge in [0.1, 0.15) is 0 Å². The average Bonchev–Trinajstić information content (AvgIpc) is 3.14. The predicted molar refractivity (Wildman–Crippen MR) is 189 cm³/mol. The van der Waals surface area contributed by atoms with E-state index in [0.717, 1.165) is 55.7 Å². The predicted octanol–water partition coefficient (Wildman–Crippen LogP) is 10.5. The number of para-hydroxylation sites is 2. The molecular weight excluding hydrogens is 560 g/mol. The second-order valence-corrected chi connectivity index (χ2v) is 11.5. The molecule has 0 spiro atoms. The Bertz CT molecular complexity index is 2390. The van der Waals surface area contributed by atoms with Crippen molar-refractivity contribution in [1.82, 2.24) is 19.9 Å². The third-order valence-corrected chi connectivity index (χ3v) is 8.81. The third-order valence-electron chi connectivity index (χ3n) is 8.81. The molecule has 4 heteroatoms. The zero-order valence-corrected chi connectivity index (χ0v) is 24.8. The topological polar surface area (TPSA) is 51.6 Å². The van der Waals surface area contributed by atoms with E-state index in [-0.39, 0.29) is 0 Å². The van der Waals surface area contributed by atoms with Gasteiger partial charge in [-0.2, -0.15) is 0 Å². The lowest BCUT2D eigenvalue weighted by Crippen LogP contribution is -1.90. The van der Waals surface area contributed by atoms with Crippen LogP contribution in [0.15, 0.2) is 158 Å². The van der Waals surface area contributed by atoms with Crippen LogP contribution in [0.4, 0.5) is 0 Å². The summed E-state index contributed by atoms with van der Waals surface area (Å²) < 4.78 is 0. The molecule has 0 unspecified atom stereocenters. The molecular formula is C42H26N4.